The molecule has 156 valence electrons. The molecule has 1 amide bonds. The Labute approximate surface area is 186 Å². The van der Waals surface area contributed by atoms with E-state index in [2.05, 4.69) is 30.8 Å². The van der Waals surface area contributed by atoms with Crippen LogP contribution in [0.2, 0.25) is 10.3 Å². The summed E-state index contributed by atoms with van der Waals surface area (Å²) >= 11 is 15.5. The van der Waals surface area contributed by atoms with Gasteiger partial charge in [-0.1, -0.05) is 11.6 Å². The standard InChI is InChI=1S/C19H20BrCl2FN4O2/c1-19(2,3)29-18(28)26-7-9-4-5-10(8-26)27(9)16-11-6-12(21)13(20)14(23)15(11)24-17(22)25-16/h6,9-10H,4-5,7-8H2,1-3H3. The lowest BCUT2D eigenvalue weighted by atomic mass is 10.1. The van der Waals surface area contributed by atoms with Crippen molar-refractivity contribution in [2.45, 2.75) is 51.3 Å². The van der Waals surface area contributed by atoms with Gasteiger partial charge >= 0.3 is 6.09 Å². The molecule has 0 radical (unpaired) electrons. The summed E-state index contributed by atoms with van der Waals surface area (Å²) in [5.74, 6) is -0.0255. The number of nitrogens with zero attached hydrogens (tertiary/aromatic N) is 4. The van der Waals surface area contributed by atoms with Gasteiger partial charge in [-0.2, -0.15) is 4.98 Å². The molecule has 2 atom stereocenters. The number of benzene rings is 1. The smallest absolute Gasteiger partial charge is 0.410 e. The Morgan fingerprint density at radius 2 is 1.86 bits per heavy atom. The summed E-state index contributed by atoms with van der Waals surface area (Å²) < 4.78 is 20.4. The quantitative estimate of drug-likeness (QED) is 0.382. The molecule has 2 aliphatic rings. The Bertz CT molecular complexity index is 987. The van der Waals surface area contributed by atoms with Crippen LogP contribution in [-0.2, 0) is 4.74 Å². The lowest BCUT2D eigenvalue weighted by molar-refractivity contribution is 0.0209. The highest BCUT2D eigenvalue weighted by molar-refractivity contribution is 9.10. The van der Waals surface area contributed by atoms with Crippen LogP contribution in [0.5, 0.6) is 0 Å². The molecule has 2 fully saturated rings. The predicted octanol–water partition coefficient (Wildman–Crippen LogP) is 5.43. The van der Waals surface area contributed by atoms with Gasteiger partial charge in [-0.3, -0.25) is 0 Å². The van der Waals surface area contributed by atoms with Gasteiger partial charge in [0.25, 0.3) is 0 Å². The zero-order valence-electron chi connectivity index (χ0n) is 16.2. The van der Waals surface area contributed by atoms with E-state index in [9.17, 15) is 9.18 Å². The first-order valence-electron chi connectivity index (χ1n) is 9.32. The zero-order chi connectivity index (χ0) is 21.1. The summed E-state index contributed by atoms with van der Waals surface area (Å²) in [5.41, 5.74) is -0.434. The molecule has 2 aromatic rings. The Balaban J connectivity index is 1.71. The van der Waals surface area contributed by atoms with E-state index in [1.54, 1.807) is 11.0 Å². The largest absolute Gasteiger partial charge is 0.444 e. The summed E-state index contributed by atoms with van der Waals surface area (Å²) in [6.07, 6.45) is 1.46. The first kappa shape index (κ1) is 20.9. The maximum Gasteiger partial charge on any atom is 0.410 e. The number of hydrogen-bond donors (Lipinski definition) is 0. The summed E-state index contributed by atoms with van der Waals surface area (Å²) in [5, 5.41) is 0.708. The van der Waals surface area contributed by atoms with Gasteiger partial charge in [0, 0.05) is 30.6 Å². The van der Waals surface area contributed by atoms with E-state index in [0.29, 0.717) is 24.3 Å². The lowest BCUT2D eigenvalue weighted by Crippen LogP contribution is -2.56. The molecular formula is C19H20BrCl2FN4O2. The van der Waals surface area contributed by atoms with Crippen LogP contribution in [0.1, 0.15) is 33.6 Å². The Hall–Kier alpha value is -1.38. The van der Waals surface area contributed by atoms with E-state index in [4.69, 9.17) is 27.9 Å². The number of carbonyl (C=O) groups excluding carboxylic acids is 1. The SMILES string of the molecule is CC(C)(C)OC(=O)N1CC2CCC(C1)N2c1nc(Cl)nc2c(F)c(Br)c(Cl)cc12. The molecule has 6 nitrogen and oxygen atoms in total. The summed E-state index contributed by atoms with van der Waals surface area (Å²) in [4.78, 5) is 24.9. The molecule has 0 N–H and O–H groups in total. The van der Waals surface area contributed by atoms with Crippen molar-refractivity contribution in [3.63, 3.8) is 0 Å². The number of aromatic nitrogens is 2. The van der Waals surface area contributed by atoms with Crippen LogP contribution in [-0.4, -0.2) is 51.7 Å². The number of ether oxygens (including phenoxy) is 1. The fourth-order valence-corrected chi connectivity index (χ4v) is 4.71. The molecule has 0 saturated carbocycles. The Morgan fingerprint density at radius 3 is 2.45 bits per heavy atom. The molecule has 1 aromatic heterocycles. The second-order valence-corrected chi connectivity index (χ2v) is 9.91. The third kappa shape index (κ3) is 3.86. The van der Waals surface area contributed by atoms with Crippen LogP contribution in [0.25, 0.3) is 10.9 Å². The molecule has 1 aromatic carbocycles. The molecule has 2 bridgehead atoms. The highest BCUT2D eigenvalue weighted by Crippen LogP contribution is 2.41. The average molecular weight is 506 g/mol. The van der Waals surface area contributed by atoms with E-state index in [0.717, 1.165) is 12.8 Å². The lowest BCUT2D eigenvalue weighted by Gasteiger charge is -2.42. The van der Waals surface area contributed by atoms with Crippen molar-refractivity contribution in [2.75, 3.05) is 18.0 Å². The van der Waals surface area contributed by atoms with Gasteiger partial charge in [-0.15, -0.1) is 0 Å². The van der Waals surface area contributed by atoms with Crippen molar-refractivity contribution < 1.29 is 13.9 Å². The minimum Gasteiger partial charge on any atom is -0.444 e. The van der Waals surface area contributed by atoms with Gasteiger partial charge in [-0.25, -0.2) is 14.2 Å². The second kappa shape index (κ2) is 7.39. The van der Waals surface area contributed by atoms with E-state index < -0.39 is 11.4 Å². The first-order valence-corrected chi connectivity index (χ1v) is 10.9. The number of amides is 1. The number of fused-ring (bicyclic) bond motifs is 3. The van der Waals surface area contributed by atoms with Crippen LogP contribution >= 0.6 is 39.1 Å². The van der Waals surface area contributed by atoms with Crippen LogP contribution in [0.4, 0.5) is 15.0 Å². The van der Waals surface area contributed by atoms with Crippen molar-refractivity contribution in [1.82, 2.24) is 14.9 Å². The molecule has 2 unspecified atom stereocenters. The van der Waals surface area contributed by atoms with Gasteiger partial charge < -0.3 is 14.5 Å². The van der Waals surface area contributed by atoms with Crippen molar-refractivity contribution in [2.24, 2.45) is 0 Å². The molecule has 2 saturated heterocycles. The van der Waals surface area contributed by atoms with Gasteiger partial charge in [0.05, 0.1) is 9.50 Å². The Morgan fingerprint density at radius 1 is 1.24 bits per heavy atom. The van der Waals surface area contributed by atoms with Gasteiger partial charge in [0.15, 0.2) is 5.82 Å². The van der Waals surface area contributed by atoms with Crippen molar-refractivity contribution in [3.8, 4) is 0 Å². The van der Waals surface area contributed by atoms with Crippen molar-refractivity contribution >= 4 is 61.9 Å². The normalized spacial score (nSPS) is 21.8. The molecule has 3 heterocycles. The Kier molecular flexibility index (Phi) is 5.32. The summed E-state index contributed by atoms with van der Waals surface area (Å²) in [6, 6.07) is 1.71. The third-order valence-electron chi connectivity index (χ3n) is 5.16. The number of halogens is 4. The third-order valence-corrected chi connectivity index (χ3v) is 6.63. The number of anilines is 1. The number of rotatable bonds is 1. The van der Waals surface area contributed by atoms with Crippen LogP contribution in [0, 0.1) is 5.82 Å². The van der Waals surface area contributed by atoms with E-state index >= 15 is 0 Å². The highest BCUT2D eigenvalue weighted by atomic mass is 79.9. The molecule has 10 heteroatoms. The zero-order valence-corrected chi connectivity index (χ0v) is 19.3. The average Bonchev–Trinajstić information content (AvgIpc) is 2.87. The minimum atomic E-state index is -0.571. The van der Waals surface area contributed by atoms with E-state index in [1.165, 1.54) is 0 Å². The number of carbonyl (C=O) groups is 1. The number of likely N-dealkylation sites (tertiary alicyclic amines) is 1. The molecule has 0 spiro atoms. The summed E-state index contributed by atoms with van der Waals surface area (Å²) in [7, 11) is 0. The number of piperazine rings is 1. The van der Waals surface area contributed by atoms with Crippen LogP contribution < -0.4 is 4.90 Å². The maximum atomic E-state index is 14.8. The van der Waals surface area contributed by atoms with Gasteiger partial charge in [-0.05, 0) is 67.2 Å². The number of hydrogen-bond acceptors (Lipinski definition) is 5. The van der Waals surface area contributed by atoms with Gasteiger partial charge in [0.1, 0.15) is 16.9 Å². The molecule has 4 rings (SSSR count). The first-order chi connectivity index (χ1) is 13.5. The van der Waals surface area contributed by atoms with Crippen molar-refractivity contribution in [3.05, 3.63) is 26.7 Å². The van der Waals surface area contributed by atoms with Crippen LogP contribution in [0.15, 0.2) is 10.5 Å². The second-order valence-electron chi connectivity index (χ2n) is 8.38. The molecule has 0 aliphatic carbocycles. The van der Waals surface area contributed by atoms with E-state index in [1.807, 2.05) is 20.8 Å². The maximum absolute atomic E-state index is 14.8. The topological polar surface area (TPSA) is 58.6 Å². The minimum absolute atomic E-state index is 0.0286. The molecular weight excluding hydrogens is 486 g/mol. The van der Waals surface area contributed by atoms with E-state index in [-0.39, 0.29) is 38.5 Å². The molecule has 29 heavy (non-hydrogen) atoms. The fraction of sp³-hybridized carbons (Fsp3) is 0.526. The predicted molar refractivity (Wildman–Crippen MR) is 114 cm³/mol. The van der Waals surface area contributed by atoms with Crippen molar-refractivity contribution in [1.29, 1.82) is 0 Å². The van der Waals surface area contributed by atoms with Gasteiger partial charge in [0.2, 0.25) is 5.28 Å². The fourth-order valence-electron chi connectivity index (χ4n) is 4.05. The monoisotopic (exact) mass is 504 g/mol. The molecule has 2 aliphatic heterocycles. The summed E-state index contributed by atoms with van der Waals surface area (Å²) in [6.45, 7) is 6.55. The highest BCUT2D eigenvalue weighted by Gasteiger charge is 2.44. The van der Waals surface area contributed by atoms with Crippen LogP contribution in [0.3, 0.4) is 0 Å².